The summed E-state index contributed by atoms with van der Waals surface area (Å²) in [5.74, 6) is 0.111. The van der Waals surface area contributed by atoms with E-state index < -0.39 is 11.9 Å². The Bertz CT molecular complexity index is 806. The lowest BCUT2D eigenvalue weighted by Gasteiger charge is -2.30. The second-order valence-corrected chi connectivity index (χ2v) is 6.81. The van der Waals surface area contributed by atoms with Crippen molar-refractivity contribution in [3.8, 4) is 0 Å². The molecule has 144 valence electrons. The molecule has 1 aromatic heterocycles. The summed E-state index contributed by atoms with van der Waals surface area (Å²) in [6, 6.07) is 7.73. The van der Waals surface area contributed by atoms with Crippen LogP contribution in [0.3, 0.4) is 0 Å². The predicted octanol–water partition coefficient (Wildman–Crippen LogP) is 3.41. The molecule has 1 saturated heterocycles. The first-order valence-electron chi connectivity index (χ1n) is 9.11. The largest absolute Gasteiger partial charge is 0.433 e. The molecule has 27 heavy (non-hydrogen) atoms. The Morgan fingerprint density at radius 2 is 1.85 bits per heavy atom. The van der Waals surface area contributed by atoms with Crippen LogP contribution in [0.4, 0.5) is 24.8 Å². The minimum absolute atomic E-state index is 0.110. The van der Waals surface area contributed by atoms with Crippen molar-refractivity contribution in [2.75, 3.05) is 37.7 Å². The van der Waals surface area contributed by atoms with Gasteiger partial charge in [-0.15, -0.1) is 0 Å². The molecule has 0 N–H and O–H groups in total. The SMILES string of the molecule is FC(F)(F)c1nc(N2CCCc3ccccc32)ncc1CN1CCOCC1. The number of alkyl halides is 3. The normalized spacial score (nSPS) is 18.4. The Morgan fingerprint density at radius 1 is 1.07 bits per heavy atom. The van der Waals surface area contributed by atoms with Crippen LogP contribution in [0.15, 0.2) is 30.5 Å². The standard InChI is InChI=1S/C19H21F3N4O/c20-19(21,22)17-15(13-25-8-10-27-11-9-25)12-23-18(24-17)26-7-3-5-14-4-1-2-6-16(14)26/h1-2,4,6,12H,3,5,7-11,13H2. The minimum atomic E-state index is -4.52. The number of fused-ring (bicyclic) bond motifs is 1. The monoisotopic (exact) mass is 378 g/mol. The zero-order chi connectivity index (χ0) is 18.9. The van der Waals surface area contributed by atoms with Crippen LogP contribution in [-0.2, 0) is 23.9 Å². The first kappa shape index (κ1) is 18.2. The van der Waals surface area contributed by atoms with Gasteiger partial charge in [-0.05, 0) is 24.5 Å². The average molecular weight is 378 g/mol. The van der Waals surface area contributed by atoms with Crippen LogP contribution in [-0.4, -0.2) is 47.7 Å². The molecule has 5 nitrogen and oxygen atoms in total. The molecule has 0 aliphatic carbocycles. The van der Waals surface area contributed by atoms with E-state index in [2.05, 4.69) is 9.97 Å². The van der Waals surface area contributed by atoms with Crippen LogP contribution >= 0.6 is 0 Å². The predicted molar refractivity (Wildman–Crippen MR) is 94.9 cm³/mol. The maximum atomic E-state index is 13.7. The van der Waals surface area contributed by atoms with E-state index in [1.807, 2.05) is 29.2 Å². The van der Waals surface area contributed by atoms with E-state index in [1.54, 1.807) is 4.90 Å². The van der Waals surface area contributed by atoms with Gasteiger partial charge in [0.15, 0.2) is 5.69 Å². The summed E-state index contributed by atoms with van der Waals surface area (Å²) in [4.78, 5) is 12.0. The number of rotatable bonds is 3. The fraction of sp³-hybridized carbons (Fsp3) is 0.474. The number of halogens is 3. The molecular weight excluding hydrogens is 357 g/mol. The molecule has 1 fully saturated rings. The van der Waals surface area contributed by atoms with Crippen LogP contribution in [0.25, 0.3) is 0 Å². The van der Waals surface area contributed by atoms with Crippen LogP contribution in [0.5, 0.6) is 0 Å². The van der Waals surface area contributed by atoms with Gasteiger partial charge in [0.2, 0.25) is 5.95 Å². The fourth-order valence-corrected chi connectivity index (χ4v) is 3.63. The second-order valence-electron chi connectivity index (χ2n) is 6.81. The lowest BCUT2D eigenvalue weighted by atomic mass is 10.0. The molecule has 8 heteroatoms. The average Bonchev–Trinajstić information content (AvgIpc) is 2.68. The molecule has 0 saturated carbocycles. The van der Waals surface area contributed by atoms with E-state index in [4.69, 9.17) is 4.74 Å². The molecule has 0 bridgehead atoms. The van der Waals surface area contributed by atoms with Gasteiger partial charge in [0.1, 0.15) is 0 Å². The number of morpholine rings is 1. The number of nitrogens with zero attached hydrogens (tertiary/aromatic N) is 4. The van der Waals surface area contributed by atoms with Gasteiger partial charge in [0, 0.05) is 43.6 Å². The second kappa shape index (κ2) is 7.44. The number of aryl methyl sites for hydroxylation is 1. The van der Waals surface area contributed by atoms with E-state index in [9.17, 15) is 13.2 Å². The third-order valence-electron chi connectivity index (χ3n) is 4.97. The Labute approximate surface area is 155 Å². The van der Waals surface area contributed by atoms with Crippen molar-refractivity contribution in [3.05, 3.63) is 47.3 Å². The number of hydrogen-bond donors (Lipinski definition) is 0. The first-order chi connectivity index (χ1) is 13.0. The summed E-state index contributed by atoms with van der Waals surface area (Å²) in [7, 11) is 0. The van der Waals surface area contributed by atoms with Crippen LogP contribution < -0.4 is 4.90 Å². The molecule has 2 aromatic rings. The van der Waals surface area contributed by atoms with Gasteiger partial charge < -0.3 is 9.64 Å². The summed E-state index contributed by atoms with van der Waals surface area (Å²) < 4.78 is 46.3. The van der Waals surface area contributed by atoms with Crippen molar-refractivity contribution < 1.29 is 17.9 Å². The number of aromatic nitrogens is 2. The van der Waals surface area contributed by atoms with Crippen LogP contribution in [0.2, 0.25) is 0 Å². The Morgan fingerprint density at radius 3 is 2.63 bits per heavy atom. The van der Waals surface area contributed by atoms with Gasteiger partial charge in [-0.3, -0.25) is 4.90 Å². The first-order valence-corrected chi connectivity index (χ1v) is 9.11. The topological polar surface area (TPSA) is 41.5 Å². The van der Waals surface area contributed by atoms with Gasteiger partial charge in [0.05, 0.1) is 13.2 Å². The highest BCUT2D eigenvalue weighted by Crippen LogP contribution is 2.35. The molecule has 0 unspecified atom stereocenters. The quantitative estimate of drug-likeness (QED) is 0.819. The van der Waals surface area contributed by atoms with Gasteiger partial charge in [-0.1, -0.05) is 18.2 Å². The Hall–Kier alpha value is -2.19. The van der Waals surface area contributed by atoms with Crippen molar-refractivity contribution in [2.45, 2.75) is 25.6 Å². The summed E-state index contributed by atoms with van der Waals surface area (Å²) >= 11 is 0. The molecule has 4 rings (SSSR count). The van der Waals surface area contributed by atoms with Crippen molar-refractivity contribution in [1.82, 2.24) is 14.9 Å². The molecular formula is C19H21F3N4O. The third kappa shape index (κ3) is 3.91. The number of hydrogen-bond acceptors (Lipinski definition) is 5. The van der Waals surface area contributed by atoms with E-state index >= 15 is 0 Å². The number of anilines is 2. The van der Waals surface area contributed by atoms with Crippen molar-refractivity contribution >= 4 is 11.6 Å². The smallest absolute Gasteiger partial charge is 0.379 e. The molecule has 0 radical (unpaired) electrons. The maximum Gasteiger partial charge on any atom is 0.433 e. The summed E-state index contributed by atoms with van der Waals surface area (Å²) in [5, 5.41) is 0. The highest BCUT2D eigenvalue weighted by molar-refractivity contribution is 5.63. The van der Waals surface area contributed by atoms with Gasteiger partial charge in [-0.25, -0.2) is 9.97 Å². The summed E-state index contributed by atoms with van der Waals surface area (Å²) in [6.07, 6.45) is -1.42. The van der Waals surface area contributed by atoms with Crippen LogP contribution in [0.1, 0.15) is 23.2 Å². The van der Waals surface area contributed by atoms with Gasteiger partial charge in [0.25, 0.3) is 0 Å². The molecule has 0 amide bonds. The Kier molecular flexibility index (Phi) is 5.01. The minimum Gasteiger partial charge on any atom is -0.379 e. The summed E-state index contributed by atoms with van der Waals surface area (Å²) in [5.41, 5.74) is 1.26. The molecule has 3 heterocycles. The van der Waals surface area contributed by atoms with E-state index in [1.165, 1.54) is 6.20 Å². The molecule has 0 spiro atoms. The molecule has 1 aromatic carbocycles. The van der Waals surface area contributed by atoms with Gasteiger partial charge in [-0.2, -0.15) is 13.2 Å². The zero-order valence-electron chi connectivity index (χ0n) is 14.9. The van der Waals surface area contributed by atoms with Crippen molar-refractivity contribution in [2.24, 2.45) is 0 Å². The zero-order valence-corrected chi connectivity index (χ0v) is 14.9. The highest BCUT2D eigenvalue weighted by Gasteiger charge is 2.37. The fourth-order valence-electron chi connectivity index (χ4n) is 3.63. The van der Waals surface area contributed by atoms with Crippen LogP contribution in [0, 0.1) is 0 Å². The number of ether oxygens (including phenoxy) is 1. The van der Waals surface area contributed by atoms with E-state index in [0.29, 0.717) is 32.8 Å². The lowest BCUT2D eigenvalue weighted by Crippen LogP contribution is -2.36. The number of benzene rings is 1. The lowest BCUT2D eigenvalue weighted by molar-refractivity contribution is -0.142. The maximum absolute atomic E-state index is 13.7. The highest BCUT2D eigenvalue weighted by atomic mass is 19.4. The third-order valence-corrected chi connectivity index (χ3v) is 4.97. The molecule has 2 aliphatic rings. The van der Waals surface area contributed by atoms with Crippen molar-refractivity contribution in [3.63, 3.8) is 0 Å². The van der Waals surface area contributed by atoms with Gasteiger partial charge >= 0.3 is 6.18 Å². The van der Waals surface area contributed by atoms with E-state index in [0.717, 1.165) is 24.1 Å². The molecule has 2 aliphatic heterocycles. The van der Waals surface area contributed by atoms with Crippen molar-refractivity contribution in [1.29, 1.82) is 0 Å². The summed E-state index contributed by atoms with van der Waals surface area (Å²) in [6.45, 7) is 3.07. The van der Waals surface area contributed by atoms with E-state index in [-0.39, 0.29) is 18.1 Å². The Balaban J connectivity index is 1.67. The molecule has 0 atom stereocenters. The number of para-hydroxylation sites is 1.